The van der Waals surface area contributed by atoms with Crippen LogP contribution >= 0.6 is 0 Å². The first-order valence-electron chi connectivity index (χ1n) is 6.06. The van der Waals surface area contributed by atoms with Gasteiger partial charge >= 0.3 is 12.0 Å². The monoisotopic (exact) mass is 257 g/mol. The van der Waals surface area contributed by atoms with Gasteiger partial charge in [0.1, 0.15) is 12.1 Å². The highest BCUT2D eigenvalue weighted by atomic mass is 16.4. The van der Waals surface area contributed by atoms with Gasteiger partial charge in [0.15, 0.2) is 0 Å². The Hall–Kier alpha value is -1.79. The van der Waals surface area contributed by atoms with Crippen LogP contribution in [0.2, 0.25) is 0 Å². The lowest BCUT2D eigenvalue weighted by molar-refractivity contribution is -0.139. The molecule has 0 saturated carbocycles. The lowest BCUT2D eigenvalue weighted by Gasteiger charge is -2.24. The zero-order chi connectivity index (χ0) is 13.7. The number of nitrogens with zero attached hydrogens (tertiary/aromatic N) is 1. The Morgan fingerprint density at radius 1 is 1.50 bits per heavy atom. The summed E-state index contributed by atoms with van der Waals surface area (Å²) in [5.74, 6) is -1.62. The average molecular weight is 257 g/mol. The summed E-state index contributed by atoms with van der Waals surface area (Å²) < 4.78 is 0. The molecule has 0 aliphatic carbocycles. The van der Waals surface area contributed by atoms with Crippen molar-refractivity contribution in [2.75, 3.05) is 6.54 Å². The van der Waals surface area contributed by atoms with E-state index in [2.05, 4.69) is 5.32 Å². The summed E-state index contributed by atoms with van der Waals surface area (Å²) in [5.41, 5.74) is 5.20. The number of primary amides is 1. The van der Waals surface area contributed by atoms with Crippen molar-refractivity contribution in [2.24, 2.45) is 5.73 Å². The Balaban J connectivity index is 2.63. The average Bonchev–Trinajstić information content (AvgIpc) is 2.77. The standard InChI is InChI=1S/C11H19N3O4/c1-2-4-7(10(16)17)13-11(18)14-6-3-5-8(14)9(12)15/h7-8H,2-6H2,1H3,(H2,12,15)(H,13,18)(H,16,17)/t7-,8?/m1/s1. The minimum atomic E-state index is -1.07. The number of carbonyl (C=O) groups excluding carboxylic acids is 2. The minimum Gasteiger partial charge on any atom is -0.480 e. The second-order valence-corrected chi connectivity index (χ2v) is 4.38. The van der Waals surface area contributed by atoms with Crippen molar-refractivity contribution in [2.45, 2.75) is 44.7 Å². The van der Waals surface area contributed by atoms with E-state index in [-0.39, 0.29) is 0 Å². The molecule has 2 atom stereocenters. The number of hydrogen-bond donors (Lipinski definition) is 3. The van der Waals surface area contributed by atoms with Crippen molar-refractivity contribution in [1.29, 1.82) is 0 Å². The normalized spacial score (nSPS) is 20.5. The molecule has 1 unspecified atom stereocenters. The molecule has 3 amide bonds. The van der Waals surface area contributed by atoms with Crippen LogP contribution in [-0.4, -0.2) is 46.5 Å². The molecule has 18 heavy (non-hydrogen) atoms. The summed E-state index contributed by atoms with van der Waals surface area (Å²) in [6, 6.07) is -2.07. The van der Waals surface area contributed by atoms with Gasteiger partial charge in [-0.2, -0.15) is 0 Å². The van der Waals surface area contributed by atoms with Crippen molar-refractivity contribution in [3.05, 3.63) is 0 Å². The summed E-state index contributed by atoms with van der Waals surface area (Å²) in [6.07, 6.45) is 2.24. The minimum absolute atomic E-state index is 0.357. The molecule has 1 aliphatic heterocycles. The molecular formula is C11H19N3O4. The van der Waals surface area contributed by atoms with Crippen LogP contribution in [0.1, 0.15) is 32.6 Å². The Morgan fingerprint density at radius 2 is 2.17 bits per heavy atom. The molecule has 0 aromatic heterocycles. The molecule has 1 heterocycles. The number of carboxylic acids is 1. The number of nitrogens with two attached hydrogens (primary N) is 1. The van der Waals surface area contributed by atoms with E-state index in [1.807, 2.05) is 6.92 Å². The fourth-order valence-electron chi connectivity index (χ4n) is 2.08. The summed E-state index contributed by atoms with van der Waals surface area (Å²) in [5, 5.41) is 11.4. The maximum absolute atomic E-state index is 11.9. The first-order valence-corrected chi connectivity index (χ1v) is 6.06. The Labute approximate surface area is 105 Å². The fourth-order valence-corrected chi connectivity index (χ4v) is 2.08. The third kappa shape index (κ3) is 3.35. The molecular weight excluding hydrogens is 238 g/mol. The molecule has 0 spiro atoms. The molecule has 1 saturated heterocycles. The molecule has 7 heteroatoms. The van der Waals surface area contributed by atoms with Crippen molar-refractivity contribution in [1.82, 2.24) is 10.2 Å². The van der Waals surface area contributed by atoms with E-state index in [4.69, 9.17) is 10.8 Å². The van der Waals surface area contributed by atoms with Gasteiger partial charge < -0.3 is 21.1 Å². The number of hydrogen-bond acceptors (Lipinski definition) is 3. The molecule has 4 N–H and O–H groups in total. The van der Waals surface area contributed by atoms with E-state index in [9.17, 15) is 14.4 Å². The van der Waals surface area contributed by atoms with Crippen molar-refractivity contribution >= 4 is 17.9 Å². The Morgan fingerprint density at radius 3 is 2.67 bits per heavy atom. The van der Waals surface area contributed by atoms with Crippen molar-refractivity contribution in [3.8, 4) is 0 Å². The molecule has 1 rings (SSSR count). The molecule has 1 aliphatic rings. The zero-order valence-corrected chi connectivity index (χ0v) is 10.4. The number of urea groups is 1. The van der Waals surface area contributed by atoms with E-state index in [0.717, 1.165) is 0 Å². The molecule has 0 radical (unpaired) electrons. The van der Waals surface area contributed by atoms with Crippen LogP contribution in [0.15, 0.2) is 0 Å². The van der Waals surface area contributed by atoms with Gasteiger partial charge in [0.05, 0.1) is 0 Å². The van der Waals surface area contributed by atoms with Gasteiger partial charge in [0.25, 0.3) is 0 Å². The number of nitrogens with one attached hydrogen (secondary N) is 1. The zero-order valence-electron chi connectivity index (χ0n) is 10.4. The predicted molar refractivity (Wildman–Crippen MR) is 63.8 cm³/mol. The summed E-state index contributed by atoms with van der Waals surface area (Å²) >= 11 is 0. The van der Waals surface area contributed by atoms with Crippen LogP contribution in [0.25, 0.3) is 0 Å². The highest BCUT2D eigenvalue weighted by Gasteiger charge is 2.34. The van der Waals surface area contributed by atoms with Crippen LogP contribution in [0.3, 0.4) is 0 Å². The van der Waals surface area contributed by atoms with Gasteiger partial charge in [-0.1, -0.05) is 13.3 Å². The quantitative estimate of drug-likeness (QED) is 0.638. The molecule has 1 fully saturated rings. The highest BCUT2D eigenvalue weighted by molar-refractivity contribution is 5.88. The Kier molecular flexibility index (Phi) is 4.94. The number of likely N-dealkylation sites (tertiary alicyclic amines) is 1. The third-order valence-electron chi connectivity index (χ3n) is 3.02. The number of rotatable bonds is 5. The van der Waals surface area contributed by atoms with Crippen molar-refractivity contribution < 1.29 is 19.5 Å². The van der Waals surface area contributed by atoms with Crippen LogP contribution in [0.5, 0.6) is 0 Å². The maximum atomic E-state index is 11.9. The van der Waals surface area contributed by atoms with E-state index in [0.29, 0.717) is 32.2 Å². The molecule has 0 aromatic rings. The van der Waals surface area contributed by atoms with Crippen LogP contribution in [0, 0.1) is 0 Å². The lowest BCUT2D eigenvalue weighted by Crippen LogP contribution is -2.52. The van der Waals surface area contributed by atoms with Crippen molar-refractivity contribution in [3.63, 3.8) is 0 Å². The second-order valence-electron chi connectivity index (χ2n) is 4.38. The van der Waals surface area contributed by atoms with Gasteiger partial charge in [-0.15, -0.1) is 0 Å². The lowest BCUT2D eigenvalue weighted by atomic mass is 10.2. The molecule has 0 bridgehead atoms. The third-order valence-corrected chi connectivity index (χ3v) is 3.02. The van der Waals surface area contributed by atoms with E-state index in [1.54, 1.807) is 0 Å². The highest BCUT2D eigenvalue weighted by Crippen LogP contribution is 2.17. The fraction of sp³-hybridized carbons (Fsp3) is 0.727. The first-order chi connectivity index (χ1) is 8.47. The number of aliphatic carboxylic acids is 1. The number of carboxylic acid groups (broad SMARTS) is 1. The maximum Gasteiger partial charge on any atom is 0.326 e. The molecule has 0 aromatic carbocycles. The Bertz CT molecular complexity index is 345. The van der Waals surface area contributed by atoms with Gasteiger partial charge in [-0.05, 0) is 19.3 Å². The van der Waals surface area contributed by atoms with Gasteiger partial charge in [0.2, 0.25) is 5.91 Å². The summed E-state index contributed by atoms with van der Waals surface area (Å²) in [6.45, 7) is 2.27. The predicted octanol–water partition coefficient (Wildman–Crippen LogP) is -0.101. The van der Waals surface area contributed by atoms with Crippen LogP contribution in [0.4, 0.5) is 4.79 Å². The number of amides is 3. The summed E-state index contributed by atoms with van der Waals surface area (Å²) in [4.78, 5) is 35.3. The van der Waals surface area contributed by atoms with Gasteiger partial charge in [0, 0.05) is 6.54 Å². The van der Waals surface area contributed by atoms with Crippen LogP contribution in [-0.2, 0) is 9.59 Å². The summed E-state index contributed by atoms with van der Waals surface area (Å²) in [7, 11) is 0. The van der Waals surface area contributed by atoms with E-state index < -0.39 is 30.0 Å². The van der Waals surface area contributed by atoms with Gasteiger partial charge in [-0.25, -0.2) is 9.59 Å². The number of carbonyl (C=O) groups is 3. The van der Waals surface area contributed by atoms with Crippen LogP contribution < -0.4 is 11.1 Å². The second kappa shape index (κ2) is 6.23. The first kappa shape index (κ1) is 14.3. The smallest absolute Gasteiger partial charge is 0.326 e. The topological polar surface area (TPSA) is 113 Å². The molecule has 7 nitrogen and oxygen atoms in total. The molecule has 102 valence electrons. The van der Waals surface area contributed by atoms with E-state index >= 15 is 0 Å². The van der Waals surface area contributed by atoms with E-state index in [1.165, 1.54) is 4.90 Å². The van der Waals surface area contributed by atoms with Gasteiger partial charge in [-0.3, -0.25) is 4.79 Å². The largest absolute Gasteiger partial charge is 0.480 e. The SMILES string of the molecule is CCC[C@@H](NC(=O)N1CCCC1C(N)=O)C(=O)O.